The van der Waals surface area contributed by atoms with Gasteiger partial charge in [-0.1, -0.05) is 0 Å². The largest absolute Gasteiger partial charge is 0.491 e. The first-order valence-electron chi connectivity index (χ1n) is 10.8. The molecule has 2 amide bonds. The van der Waals surface area contributed by atoms with E-state index in [1.807, 2.05) is 12.1 Å². The van der Waals surface area contributed by atoms with E-state index in [4.69, 9.17) is 14.2 Å². The van der Waals surface area contributed by atoms with Gasteiger partial charge in [0, 0.05) is 24.3 Å². The Kier molecular flexibility index (Phi) is 8.73. The van der Waals surface area contributed by atoms with E-state index < -0.39 is 0 Å². The van der Waals surface area contributed by atoms with E-state index in [2.05, 4.69) is 5.32 Å². The number of rotatable bonds is 12. The van der Waals surface area contributed by atoms with Crippen LogP contribution in [0.15, 0.2) is 18.2 Å². The summed E-state index contributed by atoms with van der Waals surface area (Å²) in [4.78, 5) is 45.9. The molecule has 1 heterocycles. The van der Waals surface area contributed by atoms with E-state index in [0.717, 1.165) is 24.0 Å². The summed E-state index contributed by atoms with van der Waals surface area (Å²) in [6.45, 7) is 1.60. The van der Waals surface area contributed by atoms with Crippen LogP contribution in [-0.4, -0.2) is 56.9 Å². The van der Waals surface area contributed by atoms with Crippen molar-refractivity contribution in [1.82, 2.24) is 5.32 Å². The number of ketones is 1. The van der Waals surface area contributed by atoms with Crippen LogP contribution < -0.4 is 10.1 Å². The molecule has 2 atom stereocenters. The fraction of sp³-hybridized carbons (Fsp3) is 0.565. The quantitative estimate of drug-likeness (QED) is 0.306. The van der Waals surface area contributed by atoms with Crippen LogP contribution in [0.5, 0.6) is 5.75 Å². The van der Waals surface area contributed by atoms with Gasteiger partial charge in [0.25, 0.3) is 0 Å². The molecule has 1 aromatic carbocycles. The average Bonchev–Trinajstić information content (AvgIpc) is 2.75. The molecule has 0 saturated carbocycles. The van der Waals surface area contributed by atoms with E-state index in [1.54, 1.807) is 6.07 Å². The lowest BCUT2D eigenvalue weighted by molar-refractivity contribution is -0.136. The van der Waals surface area contributed by atoms with Crippen molar-refractivity contribution in [3.8, 4) is 5.75 Å². The lowest BCUT2D eigenvalue weighted by atomic mass is 9.79. The highest BCUT2D eigenvalue weighted by Gasteiger charge is 2.30. The summed E-state index contributed by atoms with van der Waals surface area (Å²) in [6.07, 6.45) is 4.41. The smallest absolute Gasteiger partial charge is 0.229 e. The fourth-order valence-corrected chi connectivity index (χ4v) is 4.08. The lowest BCUT2D eigenvalue weighted by Gasteiger charge is -2.26. The number of piperidine rings is 1. The first-order chi connectivity index (χ1) is 15.1. The predicted octanol–water partition coefficient (Wildman–Crippen LogP) is 1.88. The standard InChI is InChI=1S/C23H29NO7/c25-7-8-29-9-10-30-11-12-31-19-4-5-20-18(15-19)13-16(14-21(20)26)1-2-17-3-6-22(27)24-23(17)28/h4-5,7,15-17H,1-3,6,8-14H2,(H,24,27,28). The molecule has 1 fully saturated rings. The summed E-state index contributed by atoms with van der Waals surface area (Å²) in [6, 6.07) is 5.53. The number of amides is 2. The normalized spacial score (nSPS) is 20.8. The second kappa shape index (κ2) is 11.7. The van der Waals surface area contributed by atoms with Gasteiger partial charge in [-0.05, 0) is 55.4 Å². The summed E-state index contributed by atoms with van der Waals surface area (Å²) in [5.74, 6) is 0.472. The van der Waals surface area contributed by atoms with E-state index >= 15 is 0 Å². The van der Waals surface area contributed by atoms with Gasteiger partial charge in [0.05, 0.1) is 19.8 Å². The van der Waals surface area contributed by atoms with Gasteiger partial charge >= 0.3 is 0 Å². The third-order valence-electron chi connectivity index (χ3n) is 5.69. The SMILES string of the molecule is O=CCOCCOCCOc1ccc2c(c1)CC(CCC1CCC(=O)NC1=O)CC2=O. The van der Waals surface area contributed by atoms with Crippen molar-refractivity contribution >= 4 is 23.9 Å². The van der Waals surface area contributed by atoms with Crippen LogP contribution in [-0.2, 0) is 30.3 Å². The van der Waals surface area contributed by atoms with Crippen LogP contribution in [0.2, 0.25) is 0 Å². The second-order valence-corrected chi connectivity index (χ2v) is 7.94. The third kappa shape index (κ3) is 6.97. The first kappa shape index (κ1) is 23.1. The van der Waals surface area contributed by atoms with Crippen molar-refractivity contribution in [1.29, 1.82) is 0 Å². The van der Waals surface area contributed by atoms with E-state index in [0.29, 0.717) is 64.1 Å². The topological polar surface area (TPSA) is 108 Å². The molecule has 31 heavy (non-hydrogen) atoms. The number of aldehydes is 1. The van der Waals surface area contributed by atoms with Crippen molar-refractivity contribution in [2.24, 2.45) is 11.8 Å². The molecule has 1 aliphatic carbocycles. The molecule has 0 aromatic heterocycles. The van der Waals surface area contributed by atoms with Gasteiger partial charge in [0.1, 0.15) is 25.2 Å². The van der Waals surface area contributed by atoms with E-state index in [-0.39, 0.29) is 36.0 Å². The monoisotopic (exact) mass is 431 g/mol. The molecular formula is C23H29NO7. The Hall–Kier alpha value is -2.58. The number of hydrogen-bond donors (Lipinski definition) is 1. The van der Waals surface area contributed by atoms with E-state index in [1.165, 1.54) is 0 Å². The highest BCUT2D eigenvalue weighted by atomic mass is 16.5. The Bertz CT molecular complexity index is 807. The molecule has 0 radical (unpaired) electrons. The number of carbonyl (C=O) groups is 4. The van der Waals surface area contributed by atoms with Gasteiger partial charge in [-0.3, -0.25) is 19.7 Å². The van der Waals surface area contributed by atoms with Crippen LogP contribution in [0.25, 0.3) is 0 Å². The number of benzene rings is 1. The Morgan fingerprint density at radius 1 is 1.00 bits per heavy atom. The summed E-state index contributed by atoms with van der Waals surface area (Å²) in [7, 11) is 0. The number of hydrogen-bond acceptors (Lipinski definition) is 7. The number of nitrogens with one attached hydrogen (secondary N) is 1. The fourth-order valence-electron chi connectivity index (χ4n) is 4.08. The Balaban J connectivity index is 1.44. The average molecular weight is 431 g/mol. The molecule has 1 aromatic rings. The van der Waals surface area contributed by atoms with Gasteiger partial charge < -0.3 is 19.0 Å². The Labute approximate surface area is 181 Å². The first-order valence-corrected chi connectivity index (χ1v) is 10.8. The van der Waals surface area contributed by atoms with Gasteiger partial charge in [-0.15, -0.1) is 0 Å². The summed E-state index contributed by atoms with van der Waals surface area (Å²) >= 11 is 0. The minimum atomic E-state index is -0.202. The number of carbonyl (C=O) groups excluding carboxylic acids is 4. The molecule has 2 unspecified atom stereocenters. The molecule has 8 nitrogen and oxygen atoms in total. The maximum atomic E-state index is 12.6. The summed E-state index contributed by atoms with van der Waals surface area (Å²) in [5, 5.41) is 2.40. The zero-order chi connectivity index (χ0) is 22.1. The maximum Gasteiger partial charge on any atom is 0.229 e. The molecule has 1 N–H and O–H groups in total. The van der Waals surface area contributed by atoms with Gasteiger partial charge in [0.2, 0.25) is 11.8 Å². The summed E-state index contributed by atoms with van der Waals surface area (Å²) < 4.78 is 16.1. The maximum absolute atomic E-state index is 12.6. The number of imide groups is 1. The van der Waals surface area contributed by atoms with Crippen molar-refractivity contribution in [3.05, 3.63) is 29.3 Å². The molecule has 3 rings (SSSR count). The molecule has 168 valence electrons. The van der Waals surface area contributed by atoms with Gasteiger partial charge in [-0.25, -0.2) is 0 Å². The van der Waals surface area contributed by atoms with Crippen molar-refractivity contribution in [2.75, 3.05) is 33.0 Å². The van der Waals surface area contributed by atoms with Crippen molar-refractivity contribution < 1.29 is 33.4 Å². The number of fused-ring (bicyclic) bond motifs is 1. The molecule has 1 aliphatic heterocycles. The molecule has 8 heteroatoms. The van der Waals surface area contributed by atoms with Crippen LogP contribution >= 0.6 is 0 Å². The van der Waals surface area contributed by atoms with E-state index in [9.17, 15) is 19.2 Å². The minimum Gasteiger partial charge on any atom is -0.491 e. The van der Waals surface area contributed by atoms with Crippen LogP contribution in [0.4, 0.5) is 0 Å². The predicted molar refractivity (Wildman–Crippen MR) is 111 cm³/mol. The highest BCUT2D eigenvalue weighted by Crippen LogP contribution is 2.32. The molecular weight excluding hydrogens is 402 g/mol. The zero-order valence-electron chi connectivity index (χ0n) is 17.6. The zero-order valence-corrected chi connectivity index (χ0v) is 17.6. The number of ether oxygens (including phenoxy) is 3. The minimum absolute atomic E-state index is 0.0717. The lowest BCUT2D eigenvalue weighted by Crippen LogP contribution is -2.40. The van der Waals surface area contributed by atoms with Crippen LogP contribution in [0, 0.1) is 11.8 Å². The molecule has 1 saturated heterocycles. The molecule has 0 bridgehead atoms. The number of Topliss-reactive ketones (excluding diaryl/α,β-unsaturated/α-hetero) is 1. The Morgan fingerprint density at radius 3 is 2.61 bits per heavy atom. The highest BCUT2D eigenvalue weighted by molar-refractivity contribution is 5.99. The molecule has 2 aliphatic rings. The van der Waals surface area contributed by atoms with Crippen molar-refractivity contribution in [3.63, 3.8) is 0 Å². The Morgan fingerprint density at radius 2 is 1.81 bits per heavy atom. The van der Waals surface area contributed by atoms with Crippen LogP contribution in [0.3, 0.4) is 0 Å². The van der Waals surface area contributed by atoms with Gasteiger partial charge in [-0.2, -0.15) is 0 Å². The van der Waals surface area contributed by atoms with Crippen molar-refractivity contribution in [2.45, 2.75) is 38.5 Å². The van der Waals surface area contributed by atoms with Crippen LogP contribution in [0.1, 0.15) is 48.0 Å². The second-order valence-electron chi connectivity index (χ2n) is 7.94. The third-order valence-corrected chi connectivity index (χ3v) is 5.69. The van der Waals surface area contributed by atoms with Gasteiger partial charge in [0.15, 0.2) is 5.78 Å². The molecule has 0 spiro atoms. The summed E-state index contributed by atoms with van der Waals surface area (Å²) in [5.41, 5.74) is 1.72.